The van der Waals surface area contributed by atoms with Crippen LogP contribution in [0.25, 0.3) is 10.9 Å². The van der Waals surface area contributed by atoms with Crippen LogP contribution in [0.15, 0.2) is 42.6 Å². The number of likely N-dealkylation sites (tertiary alicyclic amines) is 1. The fourth-order valence-corrected chi connectivity index (χ4v) is 6.19. The number of methoxy groups -OCH3 is 1. The Labute approximate surface area is 217 Å². The monoisotopic (exact) mass is 535 g/mol. The number of halogens is 5. The summed E-state index contributed by atoms with van der Waals surface area (Å²) in [4.78, 5) is 17.7. The fourth-order valence-electron chi connectivity index (χ4n) is 6.19. The van der Waals surface area contributed by atoms with E-state index in [9.17, 15) is 26.7 Å². The van der Waals surface area contributed by atoms with Gasteiger partial charge in [-0.2, -0.15) is 13.2 Å². The molecule has 0 radical (unpaired) electrons. The topological polar surface area (TPSA) is 57.4 Å². The van der Waals surface area contributed by atoms with E-state index in [-0.39, 0.29) is 24.4 Å². The van der Waals surface area contributed by atoms with E-state index >= 15 is 0 Å². The highest BCUT2D eigenvalue weighted by Gasteiger charge is 2.58. The van der Waals surface area contributed by atoms with Crippen LogP contribution >= 0.6 is 0 Å². The molecule has 2 aromatic carbocycles. The first-order chi connectivity index (χ1) is 17.9. The van der Waals surface area contributed by atoms with Crippen LogP contribution in [0.1, 0.15) is 58.8 Å². The van der Waals surface area contributed by atoms with E-state index in [4.69, 9.17) is 4.74 Å². The Bertz CT molecular complexity index is 1320. The van der Waals surface area contributed by atoms with Crippen molar-refractivity contribution in [2.75, 3.05) is 20.2 Å². The molecule has 0 unspecified atom stereocenters. The number of nitrogens with zero attached hydrogens (tertiary/aromatic N) is 1. The smallest absolute Gasteiger partial charge is 0.405 e. The van der Waals surface area contributed by atoms with Crippen molar-refractivity contribution in [2.24, 2.45) is 5.41 Å². The van der Waals surface area contributed by atoms with Crippen LogP contribution in [-0.2, 0) is 6.54 Å². The van der Waals surface area contributed by atoms with Crippen LogP contribution in [0.4, 0.5) is 22.0 Å². The van der Waals surface area contributed by atoms with Crippen LogP contribution in [0.3, 0.4) is 0 Å². The summed E-state index contributed by atoms with van der Waals surface area (Å²) in [6, 6.07) is 10.2. The number of amides is 1. The minimum atomic E-state index is -4.50. The van der Waals surface area contributed by atoms with Gasteiger partial charge in [0, 0.05) is 53.7 Å². The summed E-state index contributed by atoms with van der Waals surface area (Å²) < 4.78 is 71.1. The first-order valence-electron chi connectivity index (χ1n) is 12.6. The normalized spacial score (nSPS) is 20.9. The number of H-pyrrole nitrogens is 1. The largest absolute Gasteiger partial charge is 0.496 e. The second kappa shape index (κ2) is 9.55. The van der Waals surface area contributed by atoms with E-state index in [1.165, 1.54) is 12.1 Å². The highest BCUT2D eigenvalue weighted by molar-refractivity contribution is 5.94. The number of aryl methyl sites for hydroxylation is 1. The predicted molar refractivity (Wildman–Crippen MR) is 133 cm³/mol. The van der Waals surface area contributed by atoms with Crippen molar-refractivity contribution in [3.05, 3.63) is 64.8 Å². The average molecular weight is 536 g/mol. The molecule has 2 N–H and O–H groups in total. The summed E-state index contributed by atoms with van der Waals surface area (Å²) in [6.07, 6.45) is -1.72. The number of hydrogen-bond acceptors (Lipinski definition) is 3. The van der Waals surface area contributed by atoms with Crippen LogP contribution < -0.4 is 10.1 Å². The molecular formula is C28H30F5N3O2. The third-order valence-corrected chi connectivity index (χ3v) is 7.96. The van der Waals surface area contributed by atoms with Gasteiger partial charge >= 0.3 is 6.18 Å². The molecule has 1 atom stereocenters. The van der Waals surface area contributed by atoms with Crippen molar-refractivity contribution in [1.82, 2.24) is 15.2 Å². The standard InChI is InChI=1S/C28H30F5N3O2/c1-17-11-23(38-2)21(20-7-9-34-24(17)20)13-36-10-8-26(14-27(29,30)15-26)12-22(36)18-3-5-19(6-4-18)25(37)35-16-28(31,32)33/h3-7,9,11,22,34H,8,10,12-16H2,1-2H3,(H,35,37)/t22-/m0/s1. The number of aromatic nitrogens is 1. The minimum absolute atomic E-state index is 0.111. The number of carbonyl (C=O) groups is 1. The van der Waals surface area contributed by atoms with Gasteiger partial charge in [-0.25, -0.2) is 8.78 Å². The molecule has 0 bridgehead atoms. The van der Waals surface area contributed by atoms with Crippen molar-refractivity contribution >= 4 is 16.8 Å². The molecule has 1 saturated carbocycles. The lowest BCUT2D eigenvalue weighted by molar-refractivity contribution is -0.186. The summed E-state index contributed by atoms with van der Waals surface area (Å²) in [6.45, 7) is 1.73. The Morgan fingerprint density at radius 2 is 1.89 bits per heavy atom. The molecule has 2 fully saturated rings. The summed E-state index contributed by atoms with van der Waals surface area (Å²) in [5.41, 5.74) is 3.56. The lowest BCUT2D eigenvalue weighted by atomic mass is 9.59. The molecule has 10 heteroatoms. The Hall–Kier alpha value is -3.14. The Kier molecular flexibility index (Phi) is 6.65. The maximum absolute atomic E-state index is 14.0. The van der Waals surface area contributed by atoms with Gasteiger partial charge in [-0.15, -0.1) is 0 Å². The highest BCUT2D eigenvalue weighted by atomic mass is 19.4. The van der Waals surface area contributed by atoms with Crippen molar-refractivity contribution < 1.29 is 31.5 Å². The lowest BCUT2D eigenvalue weighted by Crippen LogP contribution is -2.53. The molecule has 2 aliphatic rings. The summed E-state index contributed by atoms with van der Waals surface area (Å²) >= 11 is 0. The number of ether oxygens (including phenoxy) is 1. The molecule has 1 amide bonds. The number of alkyl halides is 5. The average Bonchev–Trinajstić information content (AvgIpc) is 3.34. The van der Waals surface area contributed by atoms with Gasteiger partial charge in [0.15, 0.2) is 0 Å². The van der Waals surface area contributed by atoms with Gasteiger partial charge < -0.3 is 15.0 Å². The lowest BCUT2D eigenvalue weighted by Gasteiger charge is -2.54. The van der Waals surface area contributed by atoms with Crippen molar-refractivity contribution in [3.8, 4) is 5.75 Å². The number of fused-ring (bicyclic) bond motifs is 1. The van der Waals surface area contributed by atoms with E-state index in [0.29, 0.717) is 25.9 Å². The van der Waals surface area contributed by atoms with Crippen molar-refractivity contribution in [1.29, 1.82) is 0 Å². The second-order valence-electron chi connectivity index (χ2n) is 10.7. The Morgan fingerprint density at radius 3 is 2.53 bits per heavy atom. The molecular weight excluding hydrogens is 505 g/mol. The van der Waals surface area contributed by atoms with E-state index in [1.807, 2.05) is 30.6 Å². The molecule has 2 heterocycles. The van der Waals surface area contributed by atoms with Crippen molar-refractivity contribution in [3.63, 3.8) is 0 Å². The molecule has 204 valence electrons. The maximum atomic E-state index is 14.0. The summed E-state index contributed by atoms with van der Waals surface area (Å²) in [7, 11) is 1.62. The fraction of sp³-hybridized carbons (Fsp3) is 0.464. The number of piperidine rings is 1. The van der Waals surface area contributed by atoms with Gasteiger partial charge in [-0.1, -0.05) is 12.1 Å². The number of carbonyl (C=O) groups excluding carboxylic acids is 1. The van der Waals surface area contributed by atoms with Gasteiger partial charge in [-0.3, -0.25) is 9.69 Å². The predicted octanol–water partition coefficient (Wildman–Crippen LogP) is 6.53. The Morgan fingerprint density at radius 1 is 1.18 bits per heavy atom. The van der Waals surface area contributed by atoms with Crippen LogP contribution in [0, 0.1) is 12.3 Å². The SMILES string of the molecule is COc1cc(C)c2[nH]ccc2c1CN1CCC2(C[C@H]1c1ccc(C(=O)NCC(F)(F)F)cc1)CC(F)(F)C2. The van der Waals surface area contributed by atoms with Gasteiger partial charge in [-0.05, 0) is 67.1 Å². The van der Waals surface area contributed by atoms with Gasteiger partial charge in [0.25, 0.3) is 5.91 Å². The van der Waals surface area contributed by atoms with Crippen LogP contribution in [0.5, 0.6) is 5.75 Å². The van der Waals surface area contributed by atoms with Gasteiger partial charge in [0.1, 0.15) is 12.3 Å². The van der Waals surface area contributed by atoms with Gasteiger partial charge in [0.05, 0.1) is 7.11 Å². The molecule has 5 nitrogen and oxygen atoms in total. The number of hydrogen-bond donors (Lipinski definition) is 2. The van der Waals surface area contributed by atoms with Crippen LogP contribution in [-0.4, -0.2) is 48.1 Å². The van der Waals surface area contributed by atoms with E-state index in [1.54, 1.807) is 19.2 Å². The third-order valence-electron chi connectivity index (χ3n) is 7.96. The molecule has 1 saturated heterocycles. The van der Waals surface area contributed by atoms with Crippen LogP contribution in [0.2, 0.25) is 0 Å². The zero-order valence-corrected chi connectivity index (χ0v) is 21.2. The maximum Gasteiger partial charge on any atom is 0.405 e. The quantitative estimate of drug-likeness (QED) is 0.353. The molecule has 5 rings (SSSR count). The number of benzene rings is 2. The highest BCUT2D eigenvalue weighted by Crippen LogP contribution is 2.60. The number of rotatable bonds is 6. The van der Waals surface area contributed by atoms with E-state index in [0.717, 1.165) is 33.3 Å². The first-order valence-corrected chi connectivity index (χ1v) is 12.6. The minimum Gasteiger partial charge on any atom is -0.496 e. The summed E-state index contributed by atoms with van der Waals surface area (Å²) in [5, 5.41) is 2.91. The second-order valence-corrected chi connectivity index (χ2v) is 10.7. The first kappa shape index (κ1) is 26.5. The molecule has 3 aromatic rings. The Balaban J connectivity index is 1.43. The zero-order chi connectivity index (χ0) is 27.3. The molecule has 1 aliphatic carbocycles. The molecule has 1 aliphatic heterocycles. The van der Waals surface area contributed by atoms with Crippen molar-refractivity contribution in [2.45, 2.75) is 57.3 Å². The van der Waals surface area contributed by atoms with E-state index < -0.39 is 30.0 Å². The van der Waals surface area contributed by atoms with Gasteiger partial charge in [0.2, 0.25) is 5.92 Å². The summed E-state index contributed by atoms with van der Waals surface area (Å²) in [5.74, 6) is -2.71. The zero-order valence-electron chi connectivity index (χ0n) is 21.2. The van der Waals surface area contributed by atoms with E-state index in [2.05, 4.69) is 9.88 Å². The molecule has 38 heavy (non-hydrogen) atoms. The number of aromatic amines is 1. The molecule has 1 aromatic heterocycles. The third kappa shape index (κ3) is 5.23. The molecule has 1 spiro atoms. The number of nitrogens with one attached hydrogen (secondary N) is 2.